The van der Waals surface area contributed by atoms with Crippen molar-refractivity contribution in [2.24, 2.45) is 5.92 Å². The van der Waals surface area contributed by atoms with E-state index in [0.29, 0.717) is 26.2 Å². The van der Waals surface area contributed by atoms with Gasteiger partial charge in [0.05, 0.1) is 17.9 Å². The van der Waals surface area contributed by atoms with Crippen LogP contribution in [0.5, 0.6) is 0 Å². The summed E-state index contributed by atoms with van der Waals surface area (Å²) in [6, 6.07) is 16.4. The molecule has 6 nitrogen and oxygen atoms in total. The number of rotatable bonds is 5. The van der Waals surface area contributed by atoms with Gasteiger partial charge in [-0.2, -0.15) is 0 Å². The molecular formula is C28H31FN4O2. The van der Waals surface area contributed by atoms with Crippen molar-refractivity contribution in [3.05, 3.63) is 77.7 Å². The highest BCUT2D eigenvalue weighted by Gasteiger charge is 2.32. The summed E-state index contributed by atoms with van der Waals surface area (Å²) in [6.07, 6.45) is 3.73. The predicted octanol–water partition coefficient (Wildman–Crippen LogP) is 3.50. The summed E-state index contributed by atoms with van der Waals surface area (Å²) in [5.74, 6) is -0.285. The first kappa shape index (κ1) is 23.4. The van der Waals surface area contributed by atoms with Gasteiger partial charge >= 0.3 is 0 Å². The lowest BCUT2D eigenvalue weighted by molar-refractivity contribution is -0.142. The van der Waals surface area contributed by atoms with E-state index in [0.717, 1.165) is 48.9 Å². The van der Waals surface area contributed by atoms with Gasteiger partial charge in [-0.25, -0.2) is 4.39 Å². The van der Waals surface area contributed by atoms with Gasteiger partial charge in [0, 0.05) is 57.4 Å². The lowest BCUT2D eigenvalue weighted by Crippen LogP contribution is -2.52. The van der Waals surface area contributed by atoms with Crippen LogP contribution in [0, 0.1) is 11.7 Å². The number of benzene rings is 2. The van der Waals surface area contributed by atoms with Crippen LogP contribution in [0.1, 0.15) is 24.0 Å². The number of piperazine rings is 1. The fourth-order valence-electron chi connectivity index (χ4n) is 5.21. The van der Waals surface area contributed by atoms with Crippen LogP contribution in [0.2, 0.25) is 0 Å². The molecule has 7 heteroatoms. The van der Waals surface area contributed by atoms with E-state index in [-0.39, 0.29) is 30.0 Å². The highest BCUT2D eigenvalue weighted by molar-refractivity contribution is 5.83. The molecule has 2 aromatic carbocycles. The van der Waals surface area contributed by atoms with E-state index in [1.807, 2.05) is 17.2 Å². The number of para-hydroxylation sites is 1. The summed E-state index contributed by atoms with van der Waals surface area (Å²) in [7, 11) is 0. The van der Waals surface area contributed by atoms with Gasteiger partial charge in [0.15, 0.2) is 0 Å². The van der Waals surface area contributed by atoms with Crippen LogP contribution in [0.15, 0.2) is 60.8 Å². The van der Waals surface area contributed by atoms with Crippen molar-refractivity contribution in [3.63, 3.8) is 0 Å². The van der Waals surface area contributed by atoms with Crippen LogP contribution in [0.4, 0.5) is 4.39 Å². The van der Waals surface area contributed by atoms with Gasteiger partial charge in [0.1, 0.15) is 5.82 Å². The zero-order valence-corrected chi connectivity index (χ0v) is 19.9. The van der Waals surface area contributed by atoms with Gasteiger partial charge in [0.2, 0.25) is 11.8 Å². The minimum Gasteiger partial charge on any atom is -0.342 e. The summed E-state index contributed by atoms with van der Waals surface area (Å²) in [6.45, 7) is 5.04. The Hall–Kier alpha value is -3.32. The molecule has 2 amide bonds. The molecule has 182 valence electrons. The quantitative estimate of drug-likeness (QED) is 0.568. The van der Waals surface area contributed by atoms with Crippen LogP contribution in [0.25, 0.3) is 10.9 Å². The maximum Gasteiger partial charge on any atom is 0.227 e. The normalized spacial score (nSPS) is 19.2. The first-order valence-corrected chi connectivity index (χ1v) is 12.4. The first-order chi connectivity index (χ1) is 17.1. The molecule has 2 fully saturated rings. The number of aromatic nitrogens is 1. The second-order valence-corrected chi connectivity index (χ2v) is 9.58. The molecule has 0 bridgehead atoms. The predicted molar refractivity (Wildman–Crippen MR) is 133 cm³/mol. The van der Waals surface area contributed by atoms with E-state index >= 15 is 0 Å². The monoisotopic (exact) mass is 474 g/mol. The average Bonchev–Trinajstić information content (AvgIpc) is 2.90. The summed E-state index contributed by atoms with van der Waals surface area (Å²) < 4.78 is 13.1. The van der Waals surface area contributed by atoms with E-state index in [4.69, 9.17) is 0 Å². The Morgan fingerprint density at radius 3 is 2.49 bits per heavy atom. The summed E-state index contributed by atoms with van der Waals surface area (Å²) >= 11 is 0. The third-order valence-electron chi connectivity index (χ3n) is 7.19. The van der Waals surface area contributed by atoms with E-state index in [1.54, 1.807) is 17.0 Å². The van der Waals surface area contributed by atoms with Gasteiger partial charge < -0.3 is 9.80 Å². The molecule has 2 aliphatic heterocycles. The molecule has 0 aliphatic carbocycles. The molecule has 2 aliphatic rings. The Morgan fingerprint density at radius 2 is 1.69 bits per heavy atom. The zero-order valence-electron chi connectivity index (χ0n) is 19.9. The number of amides is 2. The number of pyridine rings is 1. The average molecular weight is 475 g/mol. The molecule has 2 saturated heterocycles. The van der Waals surface area contributed by atoms with Crippen LogP contribution in [0.3, 0.4) is 0 Å². The van der Waals surface area contributed by atoms with Gasteiger partial charge in [0.25, 0.3) is 0 Å². The van der Waals surface area contributed by atoms with Crippen molar-refractivity contribution in [2.45, 2.75) is 25.8 Å². The van der Waals surface area contributed by atoms with Crippen molar-refractivity contribution in [1.82, 2.24) is 19.7 Å². The number of fused-ring (bicyclic) bond motifs is 1. The zero-order chi connectivity index (χ0) is 24.2. The molecule has 1 unspecified atom stereocenters. The Labute approximate surface area is 205 Å². The first-order valence-electron chi connectivity index (χ1n) is 12.4. The van der Waals surface area contributed by atoms with E-state index in [2.05, 4.69) is 34.1 Å². The van der Waals surface area contributed by atoms with Crippen LogP contribution >= 0.6 is 0 Å². The highest BCUT2D eigenvalue weighted by atomic mass is 19.1. The topological polar surface area (TPSA) is 56.8 Å². The molecule has 1 aromatic heterocycles. The fourth-order valence-corrected chi connectivity index (χ4v) is 5.21. The van der Waals surface area contributed by atoms with Gasteiger partial charge in [-0.1, -0.05) is 36.4 Å². The second kappa shape index (κ2) is 10.5. The van der Waals surface area contributed by atoms with E-state index < -0.39 is 0 Å². The second-order valence-electron chi connectivity index (χ2n) is 9.58. The van der Waals surface area contributed by atoms with E-state index in [1.165, 1.54) is 17.7 Å². The number of likely N-dealkylation sites (tertiary alicyclic amines) is 1. The third kappa shape index (κ3) is 5.51. The number of hydrogen-bond donors (Lipinski definition) is 0. The molecule has 3 aromatic rings. The minimum absolute atomic E-state index is 0.00243. The number of halogens is 1. The molecule has 0 saturated carbocycles. The van der Waals surface area contributed by atoms with Crippen molar-refractivity contribution >= 4 is 22.7 Å². The molecular weight excluding hydrogens is 443 g/mol. The number of carbonyl (C=O) groups is 2. The summed E-state index contributed by atoms with van der Waals surface area (Å²) in [5.41, 5.74) is 3.05. The molecule has 3 heterocycles. The van der Waals surface area contributed by atoms with Crippen molar-refractivity contribution < 1.29 is 14.0 Å². The molecule has 5 rings (SSSR count). The molecule has 0 radical (unpaired) electrons. The minimum atomic E-state index is -0.307. The largest absolute Gasteiger partial charge is 0.342 e. The standard InChI is InChI=1S/C28H31FN4O2/c29-25-10-8-21(9-11-25)18-26(34)33-13-3-7-24(20-33)28(35)32-16-14-31(15-17-32)19-23-5-1-4-22-6-2-12-30-27(22)23/h1-2,4-6,8-12,24H,3,7,13-20H2. The number of piperidine rings is 1. The summed E-state index contributed by atoms with van der Waals surface area (Å²) in [4.78, 5) is 36.8. The van der Waals surface area contributed by atoms with Crippen molar-refractivity contribution in [1.29, 1.82) is 0 Å². The maximum atomic E-state index is 13.3. The molecule has 1 atom stereocenters. The van der Waals surface area contributed by atoms with Crippen LogP contribution in [-0.4, -0.2) is 70.8 Å². The lowest BCUT2D eigenvalue weighted by atomic mass is 9.95. The smallest absolute Gasteiger partial charge is 0.227 e. The van der Waals surface area contributed by atoms with Crippen LogP contribution < -0.4 is 0 Å². The van der Waals surface area contributed by atoms with E-state index in [9.17, 15) is 14.0 Å². The Morgan fingerprint density at radius 1 is 0.914 bits per heavy atom. The highest BCUT2D eigenvalue weighted by Crippen LogP contribution is 2.22. The third-order valence-corrected chi connectivity index (χ3v) is 7.19. The number of nitrogens with zero attached hydrogens (tertiary/aromatic N) is 4. The van der Waals surface area contributed by atoms with Crippen molar-refractivity contribution in [2.75, 3.05) is 39.3 Å². The molecule has 0 spiro atoms. The Kier molecular flexibility index (Phi) is 7.04. The van der Waals surface area contributed by atoms with Crippen LogP contribution in [-0.2, 0) is 22.6 Å². The van der Waals surface area contributed by atoms with Gasteiger partial charge in [-0.05, 0) is 42.2 Å². The van der Waals surface area contributed by atoms with Gasteiger partial charge in [-0.3, -0.25) is 19.5 Å². The lowest BCUT2D eigenvalue weighted by Gasteiger charge is -2.39. The fraction of sp³-hybridized carbons (Fsp3) is 0.393. The number of hydrogen-bond acceptors (Lipinski definition) is 4. The SMILES string of the molecule is O=C(Cc1ccc(F)cc1)N1CCCC(C(=O)N2CCN(Cc3cccc4cccnc34)CC2)C1. The Bertz CT molecular complexity index is 1190. The maximum absolute atomic E-state index is 13.3. The molecule has 35 heavy (non-hydrogen) atoms. The Balaban J connectivity index is 1.14. The van der Waals surface area contributed by atoms with Gasteiger partial charge in [-0.15, -0.1) is 0 Å². The number of carbonyl (C=O) groups excluding carboxylic acids is 2. The summed E-state index contributed by atoms with van der Waals surface area (Å²) in [5, 5.41) is 1.15. The molecule has 0 N–H and O–H groups in total. The van der Waals surface area contributed by atoms with Crippen molar-refractivity contribution in [3.8, 4) is 0 Å².